The summed E-state index contributed by atoms with van der Waals surface area (Å²) in [6.45, 7) is 2.59. The van der Waals surface area contributed by atoms with Crippen LogP contribution >= 0.6 is 11.6 Å². The third-order valence-electron chi connectivity index (χ3n) is 5.45. The lowest BCUT2D eigenvalue weighted by atomic mass is 9.97. The van der Waals surface area contributed by atoms with E-state index in [2.05, 4.69) is 5.32 Å². The largest absolute Gasteiger partial charge is 0.497 e. The second kappa shape index (κ2) is 9.81. The Morgan fingerprint density at radius 3 is 2.47 bits per heavy atom. The van der Waals surface area contributed by atoms with Gasteiger partial charge >= 0.3 is 0 Å². The molecule has 0 unspecified atom stereocenters. The van der Waals surface area contributed by atoms with Gasteiger partial charge in [-0.1, -0.05) is 30.7 Å². The number of carbonyl (C=O) groups excluding carboxylic acids is 1. The van der Waals surface area contributed by atoms with Crippen LogP contribution in [-0.2, 0) is 14.8 Å². The highest BCUT2D eigenvalue weighted by atomic mass is 35.5. The number of piperidine rings is 1. The van der Waals surface area contributed by atoms with Crippen LogP contribution in [0.25, 0.3) is 0 Å². The topological polar surface area (TPSA) is 75.7 Å². The van der Waals surface area contributed by atoms with Crippen LogP contribution in [0.15, 0.2) is 53.4 Å². The first-order chi connectivity index (χ1) is 14.3. The lowest BCUT2D eigenvalue weighted by Crippen LogP contribution is -2.46. The number of amides is 1. The molecule has 162 valence electrons. The first kappa shape index (κ1) is 22.6. The molecular formula is C22H27ClN2O4S. The maximum absolute atomic E-state index is 13.0. The molecule has 3 rings (SSSR count). The molecule has 8 heteroatoms. The number of sulfonamides is 1. The van der Waals surface area contributed by atoms with Gasteiger partial charge < -0.3 is 10.1 Å². The third-order valence-corrected chi connectivity index (χ3v) is 7.58. The van der Waals surface area contributed by atoms with Crippen LogP contribution in [0.3, 0.4) is 0 Å². The number of hydrogen-bond acceptors (Lipinski definition) is 4. The van der Waals surface area contributed by atoms with Crippen molar-refractivity contribution in [1.82, 2.24) is 9.62 Å². The zero-order valence-corrected chi connectivity index (χ0v) is 18.7. The molecule has 0 aliphatic carbocycles. The van der Waals surface area contributed by atoms with Crippen LogP contribution in [-0.4, -0.2) is 38.8 Å². The fourth-order valence-electron chi connectivity index (χ4n) is 3.68. The molecule has 30 heavy (non-hydrogen) atoms. The van der Waals surface area contributed by atoms with E-state index >= 15 is 0 Å². The van der Waals surface area contributed by atoms with Crippen molar-refractivity contribution in [1.29, 1.82) is 0 Å². The minimum Gasteiger partial charge on any atom is -0.497 e. The van der Waals surface area contributed by atoms with E-state index in [-0.39, 0.29) is 29.3 Å². The number of ether oxygens (including phenoxy) is 1. The summed E-state index contributed by atoms with van der Waals surface area (Å²) in [5.74, 6) is 0.261. The first-order valence-electron chi connectivity index (χ1n) is 10.0. The molecule has 2 aromatic carbocycles. The number of carbonyl (C=O) groups is 1. The Labute approximate surface area is 183 Å². The van der Waals surface area contributed by atoms with Crippen molar-refractivity contribution in [2.24, 2.45) is 5.92 Å². The molecule has 1 amide bonds. The normalized spacial score (nSPS) is 18.6. The van der Waals surface area contributed by atoms with Crippen LogP contribution in [0, 0.1) is 5.92 Å². The predicted octanol–water partition coefficient (Wildman–Crippen LogP) is 4.02. The number of benzene rings is 2. The summed E-state index contributed by atoms with van der Waals surface area (Å²) >= 11 is 5.87. The summed E-state index contributed by atoms with van der Waals surface area (Å²) < 4.78 is 32.5. The minimum absolute atomic E-state index is 0.117. The van der Waals surface area contributed by atoms with Gasteiger partial charge in [0.15, 0.2) is 0 Å². The fraction of sp³-hybridized carbons (Fsp3) is 0.409. The zero-order chi connectivity index (χ0) is 21.7. The first-order valence-corrected chi connectivity index (χ1v) is 11.9. The molecule has 1 saturated heterocycles. The molecule has 0 aromatic heterocycles. The van der Waals surface area contributed by atoms with Crippen LogP contribution in [0.2, 0.25) is 5.02 Å². The third kappa shape index (κ3) is 5.14. The van der Waals surface area contributed by atoms with E-state index in [1.54, 1.807) is 19.2 Å². The Bertz CT molecular complexity index is 962. The lowest BCUT2D eigenvalue weighted by molar-refractivity contribution is -0.126. The molecule has 2 aromatic rings. The Hall–Kier alpha value is -2.09. The van der Waals surface area contributed by atoms with Gasteiger partial charge in [0, 0.05) is 18.1 Å². The number of nitrogens with one attached hydrogen (secondary N) is 1. The highest BCUT2D eigenvalue weighted by Gasteiger charge is 2.33. The molecule has 0 bridgehead atoms. The average Bonchev–Trinajstić information content (AvgIpc) is 2.77. The van der Waals surface area contributed by atoms with Crippen molar-refractivity contribution >= 4 is 27.5 Å². The monoisotopic (exact) mass is 450 g/mol. The van der Waals surface area contributed by atoms with Gasteiger partial charge in [0.05, 0.1) is 24.0 Å². The summed E-state index contributed by atoms with van der Waals surface area (Å²) in [7, 11) is -2.05. The molecule has 2 atom stereocenters. The van der Waals surface area contributed by atoms with Crippen molar-refractivity contribution < 1.29 is 17.9 Å². The summed E-state index contributed by atoms with van der Waals surface area (Å²) in [4.78, 5) is 13.1. The molecule has 1 N–H and O–H groups in total. The van der Waals surface area contributed by atoms with Crippen molar-refractivity contribution in [3.05, 3.63) is 59.1 Å². The minimum atomic E-state index is -3.66. The van der Waals surface area contributed by atoms with Gasteiger partial charge in [-0.2, -0.15) is 4.31 Å². The molecule has 1 heterocycles. The Balaban J connectivity index is 1.69. The maximum atomic E-state index is 13.0. The summed E-state index contributed by atoms with van der Waals surface area (Å²) in [5, 5.41) is 3.57. The number of hydrogen-bond donors (Lipinski definition) is 1. The average molecular weight is 451 g/mol. The smallest absolute Gasteiger partial charge is 0.243 e. The van der Waals surface area contributed by atoms with E-state index in [9.17, 15) is 13.2 Å². The van der Waals surface area contributed by atoms with Gasteiger partial charge in [0.25, 0.3) is 0 Å². The molecule has 1 fully saturated rings. The van der Waals surface area contributed by atoms with E-state index < -0.39 is 10.0 Å². The summed E-state index contributed by atoms with van der Waals surface area (Å²) in [6.07, 6.45) is 2.04. The second-order valence-corrected chi connectivity index (χ2v) is 9.77. The van der Waals surface area contributed by atoms with E-state index in [1.165, 1.54) is 16.4 Å². The number of halogens is 1. The van der Waals surface area contributed by atoms with E-state index in [0.717, 1.165) is 17.7 Å². The summed E-state index contributed by atoms with van der Waals surface area (Å²) in [5.41, 5.74) is 0.994. The van der Waals surface area contributed by atoms with Crippen LogP contribution in [0.5, 0.6) is 5.75 Å². The Kier molecular flexibility index (Phi) is 7.39. The quantitative estimate of drug-likeness (QED) is 0.691. The number of methoxy groups -OCH3 is 1. The Morgan fingerprint density at radius 2 is 1.87 bits per heavy atom. The van der Waals surface area contributed by atoms with Crippen molar-refractivity contribution in [3.63, 3.8) is 0 Å². The molecule has 6 nitrogen and oxygen atoms in total. The fourth-order valence-corrected chi connectivity index (χ4v) is 5.33. The molecule has 0 radical (unpaired) electrons. The van der Waals surface area contributed by atoms with Gasteiger partial charge in [-0.15, -0.1) is 0 Å². The van der Waals surface area contributed by atoms with Crippen molar-refractivity contribution in [2.75, 3.05) is 20.2 Å². The lowest BCUT2D eigenvalue weighted by Gasteiger charge is -2.32. The molecule has 0 spiro atoms. The highest BCUT2D eigenvalue weighted by Crippen LogP contribution is 2.26. The summed E-state index contributed by atoms with van der Waals surface area (Å²) in [6, 6.07) is 13.6. The van der Waals surface area contributed by atoms with E-state index in [0.29, 0.717) is 24.4 Å². The second-order valence-electron chi connectivity index (χ2n) is 7.40. The maximum Gasteiger partial charge on any atom is 0.243 e. The van der Waals surface area contributed by atoms with Crippen molar-refractivity contribution in [2.45, 2.75) is 37.1 Å². The standard InChI is InChI=1S/C22H27ClN2O4S/c1-3-21(16-6-10-19(29-2)11-7-16)24-22(26)17-5-4-14-25(15-17)30(27,28)20-12-8-18(23)9-13-20/h6-13,17,21H,3-5,14-15H2,1-2H3,(H,24,26)/t17-,21+/m1/s1. The van der Waals surface area contributed by atoms with Gasteiger partial charge in [-0.25, -0.2) is 8.42 Å². The van der Waals surface area contributed by atoms with Crippen LogP contribution in [0.1, 0.15) is 37.8 Å². The van der Waals surface area contributed by atoms with Gasteiger partial charge in [0.1, 0.15) is 5.75 Å². The van der Waals surface area contributed by atoms with Crippen molar-refractivity contribution in [3.8, 4) is 5.75 Å². The highest BCUT2D eigenvalue weighted by molar-refractivity contribution is 7.89. The van der Waals surface area contributed by atoms with E-state index in [4.69, 9.17) is 16.3 Å². The molecule has 0 saturated carbocycles. The van der Waals surface area contributed by atoms with Crippen LogP contribution < -0.4 is 10.1 Å². The van der Waals surface area contributed by atoms with Gasteiger partial charge in [-0.3, -0.25) is 4.79 Å². The molecule has 1 aliphatic heterocycles. The molecule has 1 aliphatic rings. The number of nitrogens with zero attached hydrogens (tertiary/aromatic N) is 1. The Morgan fingerprint density at radius 1 is 1.20 bits per heavy atom. The predicted molar refractivity (Wildman–Crippen MR) is 117 cm³/mol. The number of rotatable bonds is 7. The van der Waals surface area contributed by atoms with Gasteiger partial charge in [0.2, 0.25) is 15.9 Å². The SMILES string of the molecule is CC[C@H](NC(=O)[C@@H]1CCCN(S(=O)(=O)c2ccc(Cl)cc2)C1)c1ccc(OC)cc1. The van der Waals surface area contributed by atoms with Crippen LogP contribution in [0.4, 0.5) is 0 Å². The van der Waals surface area contributed by atoms with Gasteiger partial charge in [-0.05, 0) is 61.2 Å². The molecular weight excluding hydrogens is 424 g/mol. The zero-order valence-electron chi connectivity index (χ0n) is 17.2. The van der Waals surface area contributed by atoms with E-state index in [1.807, 2.05) is 31.2 Å².